The second-order valence-electron chi connectivity index (χ2n) is 7.60. The molecule has 1 saturated heterocycles. The van der Waals surface area contributed by atoms with Gasteiger partial charge >= 0.3 is 0 Å². The zero-order valence-corrected chi connectivity index (χ0v) is 17.4. The number of rotatable bonds is 5. The molecule has 0 aliphatic carbocycles. The van der Waals surface area contributed by atoms with E-state index in [0.717, 1.165) is 41.4 Å². The van der Waals surface area contributed by atoms with E-state index in [1.165, 1.54) is 6.26 Å². The minimum atomic E-state index is -0.0462. The van der Waals surface area contributed by atoms with Crippen molar-refractivity contribution in [2.75, 3.05) is 33.3 Å². The van der Waals surface area contributed by atoms with E-state index in [2.05, 4.69) is 27.7 Å². The van der Waals surface area contributed by atoms with Gasteiger partial charge in [0.05, 0.1) is 31.0 Å². The maximum Gasteiger partial charge on any atom is 0.289 e. The van der Waals surface area contributed by atoms with Gasteiger partial charge < -0.3 is 14.1 Å². The number of benzene rings is 2. The molecule has 3 heterocycles. The van der Waals surface area contributed by atoms with Gasteiger partial charge in [-0.3, -0.25) is 14.3 Å². The first kappa shape index (κ1) is 19.4. The Hall–Kier alpha value is -3.58. The highest BCUT2D eigenvalue weighted by molar-refractivity contribution is 5.91. The van der Waals surface area contributed by atoms with Gasteiger partial charge in [-0.1, -0.05) is 12.1 Å². The van der Waals surface area contributed by atoms with E-state index in [1.54, 1.807) is 19.2 Å². The standard InChI is InChI=1S/C24H24N4O3/c1-30-19-10-8-18(9-11-19)28-21-6-3-2-5-20(21)25-23(28)17-26-12-14-27(15-13-26)24(29)22-7-4-16-31-22/h2-11,16H,12-15,17H2,1H3. The number of aromatic nitrogens is 2. The van der Waals surface area contributed by atoms with Crippen molar-refractivity contribution in [3.8, 4) is 11.4 Å². The Bertz CT molecular complexity index is 1170. The zero-order valence-electron chi connectivity index (χ0n) is 17.4. The third-order valence-corrected chi connectivity index (χ3v) is 5.72. The van der Waals surface area contributed by atoms with E-state index in [4.69, 9.17) is 14.1 Å². The van der Waals surface area contributed by atoms with Crippen LogP contribution in [-0.2, 0) is 6.54 Å². The van der Waals surface area contributed by atoms with E-state index in [1.807, 2.05) is 35.2 Å². The molecule has 7 nitrogen and oxygen atoms in total. The van der Waals surface area contributed by atoms with E-state index in [-0.39, 0.29) is 5.91 Å². The van der Waals surface area contributed by atoms with Crippen molar-refractivity contribution in [2.24, 2.45) is 0 Å². The number of amides is 1. The summed E-state index contributed by atoms with van der Waals surface area (Å²) >= 11 is 0. The fraction of sp³-hybridized carbons (Fsp3) is 0.250. The Morgan fingerprint density at radius 1 is 1.00 bits per heavy atom. The summed E-state index contributed by atoms with van der Waals surface area (Å²) in [6.07, 6.45) is 1.53. The lowest BCUT2D eigenvalue weighted by atomic mass is 10.2. The maximum atomic E-state index is 12.5. The molecule has 158 valence electrons. The molecule has 31 heavy (non-hydrogen) atoms. The number of carbonyl (C=O) groups is 1. The molecule has 0 bridgehead atoms. The van der Waals surface area contributed by atoms with Crippen LogP contribution in [0.3, 0.4) is 0 Å². The van der Waals surface area contributed by atoms with Gasteiger partial charge in [-0.15, -0.1) is 0 Å². The molecule has 2 aromatic heterocycles. The number of hydrogen-bond acceptors (Lipinski definition) is 5. The predicted molar refractivity (Wildman–Crippen MR) is 118 cm³/mol. The lowest BCUT2D eigenvalue weighted by Gasteiger charge is -2.34. The molecule has 2 aromatic carbocycles. The number of ether oxygens (including phenoxy) is 1. The van der Waals surface area contributed by atoms with Crippen LogP contribution in [0, 0.1) is 0 Å². The second kappa shape index (κ2) is 8.28. The van der Waals surface area contributed by atoms with Crippen LogP contribution in [0.1, 0.15) is 16.4 Å². The predicted octanol–water partition coefficient (Wildman–Crippen LogP) is 3.59. The van der Waals surface area contributed by atoms with Gasteiger partial charge in [0.15, 0.2) is 5.76 Å². The highest BCUT2D eigenvalue weighted by Crippen LogP contribution is 2.24. The number of nitrogens with zero attached hydrogens (tertiary/aromatic N) is 4. The Balaban J connectivity index is 1.36. The third-order valence-electron chi connectivity index (χ3n) is 5.72. The quantitative estimate of drug-likeness (QED) is 0.498. The molecule has 0 atom stereocenters. The summed E-state index contributed by atoms with van der Waals surface area (Å²) in [5, 5.41) is 0. The summed E-state index contributed by atoms with van der Waals surface area (Å²) in [7, 11) is 1.67. The first-order valence-corrected chi connectivity index (χ1v) is 10.4. The highest BCUT2D eigenvalue weighted by atomic mass is 16.5. The first-order chi connectivity index (χ1) is 15.2. The number of methoxy groups -OCH3 is 1. The lowest BCUT2D eigenvalue weighted by molar-refractivity contribution is 0.0594. The second-order valence-corrected chi connectivity index (χ2v) is 7.60. The average molecular weight is 416 g/mol. The summed E-state index contributed by atoms with van der Waals surface area (Å²) < 4.78 is 12.8. The minimum absolute atomic E-state index is 0.0462. The van der Waals surface area contributed by atoms with E-state index in [9.17, 15) is 4.79 Å². The molecule has 1 fully saturated rings. The molecule has 0 saturated carbocycles. The molecule has 0 spiro atoms. The molecular weight excluding hydrogens is 392 g/mol. The summed E-state index contributed by atoms with van der Waals surface area (Å²) in [4.78, 5) is 21.6. The smallest absolute Gasteiger partial charge is 0.289 e. The number of carbonyl (C=O) groups excluding carboxylic acids is 1. The summed E-state index contributed by atoms with van der Waals surface area (Å²) in [5.41, 5.74) is 3.10. The Morgan fingerprint density at radius 2 is 1.77 bits per heavy atom. The average Bonchev–Trinajstić information content (AvgIpc) is 3.47. The largest absolute Gasteiger partial charge is 0.497 e. The van der Waals surface area contributed by atoms with Gasteiger partial charge in [-0.2, -0.15) is 0 Å². The summed E-state index contributed by atoms with van der Waals surface area (Å²) in [6.45, 7) is 3.63. The first-order valence-electron chi connectivity index (χ1n) is 10.4. The Kier molecular flexibility index (Phi) is 5.18. The monoisotopic (exact) mass is 416 g/mol. The SMILES string of the molecule is COc1ccc(-n2c(CN3CCN(C(=O)c4ccco4)CC3)nc3ccccc32)cc1. The van der Waals surface area contributed by atoms with Crippen LogP contribution < -0.4 is 4.74 Å². The van der Waals surface area contributed by atoms with Gasteiger partial charge in [0.2, 0.25) is 0 Å². The van der Waals surface area contributed by atoms with Crippen LogP contribution in [0.25, 0.3) is 16.7 Å². The molecule has 1 aliphatic heterocycles. The molecule has 1 amide bonds. The van der Waals surface area contributed by atoms with Crippen LogP contribution in [-0.4, -0.2) is 58.5 Å². The number of furan rings is 1. The lowest BCUT2D eigenvalue weighted by Crippen LogP contribution is -2.48. The Morgan fingerprint density at radius 3 is 2.48 bits per heavy atom. The molecule has 7 heteroatoms. The topological polar surface area (TPSA) is 63.7 Å². The van der Waals surface area contributed by atoms with E-state index in [0.29, 0.717) is 25.4 Å². The van der Waals surface area contributed by atoms with Crippen molar-refractivity contribution >= 4 is 16.9 Å². The van der Waals surface area contributed by atoms with Crippen molar-refractivity contribution in [1.29, 1.82) is 0 Å². The van der Waals surface area contributed by atoms with Gasteiger partial charge in [-0.05, 0) is 48.5 Å². The number of piperazine rings is 1. The van der Waals surface area contributed by atoms with Crippen molar-refractivity contribution in [3.05, 3.63) is 78.5 Å². The molecule has 5 rings (SSSR count). The van der Waals surface area contributed by atoms with Gasteiger partial charge in [0.25, 0.3) is 5.91 Å². The van der Waals surface area contributed by atoms with Crippen molar-refractivity contribution in [2.45, 2.75) is 6.54 Å². The fourth-order valence-corrected chi connectivity index (χ4v) is 4.07. The van der Waals surface area contributed by atoms with Crippen LogP contribution in [0.4, 0.5) is 0 Å². The van der Waals surface area contributed by atoms with Crippen LogP contribution in [0.15, 0.2) is 71.3 Å². The molecule has 0 radical (unpaired) electrons. The van der Waals surface area contributed by atoms with Crippen LogP contribution in [0.5, 0.6) is 5.75 Å². The molecule has 0 N–H and O–H groups in total. The van der Waals surface area contributed by atoms with Crippen LogP contribution in [0.2, 0.25) is 0 Å². The summed E-state index contributed by atoms with van der Waals surface area (Å²) in [6, 6.07) is 19.7. The number of hydrogen-bond donors (Lipinski definition) is 0. The van der Waals surface area contributed by atoms with Gasteiger partial charge in [0, 0.05) is 31.9 Å². The molecule has 4 aromatic rings. The zero-order chi connectivity index (χ0) is 21.2. The fourth-order valence-electron chi connectivity index (χ4n) is 4.07. The molecule has 1 aliphatic rings. The maximum absolute atomic E-state index is 12.5. The number of para-hydroxylation sites is 2. The minimum Gasteiger partial charge on any atom is -0.497 e. The molecule has 0 unspecified atom stereocenters. The van der Waals surface area contributed by atoms with E-state index < -0.39 is 0 Å². The van der Waals surface area contributed by atoms with Crippen molar-refractivity contribution < 1.29 is 13.9 Å². The number of imidazole rings is 1. The van der Waals surface area contributed by atoms with Crippen molar-refractivity contribution in [3.63, 3.8) is 0 Å². The van der Waals surface area contributed by atoms with Gasteiger partial charge in [0.1, 0.15) is 11.6 Å². The van der Waals surface area contributed by atoms with Gasteiger partial charge in [-0.25, -0.2) is 4.98 Å². The highest BCUT2D eigenvalue weighted by Gasteiger charge is 2.25. The normalized spacial score (nSPS) is 14.8. The summed E-state index contributed by atoms with van der Waals surface area (Å²) in [5.74, 6) is 2.16. The third kappa shape index (κ3) is 3.80. The van der Waals surface area contributed by atoms with Crippen molar-refractivity contribution in [1.82, 2.24) is 19.4 Å². The number of fused-ring (bicyclic) bond motifs is 1. The Labute approximate surface area is 180 Å². The van der Waals surface area contributed by atoms with E-state index >= 15 is 0 Å². The van der Waals surface area contributed by atoms with Crippen LogP contribution >= 0.6 is 0 Å². The molecular formula is C24H24N4O3.